The molecule has 2 aromatic carbocycles. The second-order valence-corrected chi connectivity index (χ2v) is 5.53. The van der Waals surface area contributed by atoms with Gasteiger partial charge in [0.1, 0.15) is 0 Å². The number of amides is 3. The Morgan fingerprint density at radius 2 is 1.73 bits per heavy atom. The van der Waals surface area contributed by atoms with Gasteiger partial charge in [0.25, 0.3) is 5.91 Å². The van der Waals surface area contributed by atoms with Crippen LogP contribution in [0.4, 0.5) is 16.2 Å². The molecule has 3 amide bonds. The van der Waals surface area contributed by atoms with Crippen molar-refractivity contribution >= 4 is 29.3 Å². The van der Waals surface area contributed by atoms with Crippen molar-refractivity contribution in [2.75, 3.05) is 17.2 Å². The summed E-state index contributed by atoms with van der Waals surface area (Å²) in [4.78, 5) is 34.6. The van der Waals surface area contributed by atoms with Crippen molar-refractivity contribution in [1.82, 2.24) is 0 Å². The fourth-order valence-corrected chi connectivity index (χ4v) is 2.32. The Bertz CT molecular complexity index is 788. The summed E-state index contributed by atoms with van der Waals surface area (Å²) in [5.41, 5.74) is 7.51. The maximum atomic E-state index is 12.3. The lowest BCUT2D eigenvalue weighted by molar-refractivity contribution is -0.143. The zero-order valence-electron chi connectivity index (χ0n) is 14.5. The number of hydrogen-bond donors (Lipinski definition) is 3. The zero-order chi connectivity index (χ0) is 18.9. The Morgan fingerprint density at radius 3 is 2.38 bits per heavy atom. The standard InChI is InChI=1S/C19H21N3O4/c1-2-26-17(23)11-8-13-6-9-15(10-7-13)21-18(24)14-4-3-5-16(12-14)22-19(20)25/h3-7,9-10,12H,2,8,11H2,1H3,(H,21,24)(H3,20,22,25). The number of nitrogens with one attached hydrogen (secondary N) is 2. The first kappa shape index (κ1) is 19.0. The van der Waals surface area contributed by atoms with E-state index in [2.05, 4.69) is 10.6 Å². The molecule has 2 aromatic rings. The van der Waals surface area contributed by atoms with E-state index < -0.39 is 6.03 Å². The maximum absolute atomic E-state index is 12.3. The van der Waals surface area contributed by atoms with Crippen LogP contribution in [-0.2, 0) is 16.0 Å². The molecule has 0 fully saturated rings. The number of esters is 1. The van der Waals surface area contributed by atoms with Crippen molar-refractivity contribution in [2.24, 2.45) is 5.73 Å². The Balaban J connectivity index is 1.95. The van der Waals surface area contributed by atoms with E-state index in [0.29, 0.717) is 36.4 Å². The number of primary amides is 1. The fraction of sp³-hybridized carbons (Fsp3) is 0.211. The van der Waals surface area contributed by atoms with Gasteiger partial charge < -0.3 is 21.1 Å². The van der Waals surface area contributed by atoms with Gasteiger partial charge in [0.15, 0.2) is 0 Å². The minimum Gasteiger partial charge on any atom is -0.466 e. The summed E-state index contributed by atoms with van der Waals surface area (Å²) in [6.45, 7) is 2.15. The second-order valence-electron chi connectivity index (χ2n) is 5.53. The summed E-state index contributed by atoms with van der Waals surface area (Å²) in [7, 11) is 0. The smallest absolute Gasteiger partial charge is 0.316 e. The molecule has 0 atom stereocenters. The van der Waals surface area contributed by atoms with E-state index in [9.17, 15) is 14.4 Å². The van der Waals surface area contributed by atoms with Crippen molar-refractivity contribution in [1.29, 1.82) is 0 Å². The summed E-state index contributed by atoms with van der Waals surface area (Å²) in [6, 6.07) is 13.0. The van der Waals surface area contributed by atoms with Gasteiger partial charge in [-0.25, -0.2) is 4.79 Å². The summed E-state index contributed by atoms with van der Waals surface area (Å²) < 4.78 is 4.89. The molecule has 4 N–H and O–H groups in total. The largest absolute Gasteiger partial charge is 0.466 e. The molecule has 0 saturated carbocycles. The van der Waals surface area contributed by atoms with Crippen molar-refractivity contribution in [2.45, 2.75) is 19.8 Å². The van der Waals surface area contributed by atoms with E-state index in [1.807, 2.05) is 12.1 Å². The molecule has 7 nitrogen and oxygen atoms in total. The molecule has 0 aromatic heterocycles. The van der Waals surface area contributed by atoms with Crippen LogP contribution < -0.4 is 16.4 Å². The first-order chi connectivity index (χ1) is 12.5. The summed E-state index contributed by atoms with van der Waals surface area (Å²) >= 11 is 0. The van der Waals surface area contributed by atoms with Gasteiger partial charge in [-0.05, 0) is 49.2 Å². The van der Waals surface area contributed by atoms with E-state index in [1.165, 1.54) is 6.07 Å². The highest BCUT2D eigenvalue weighted by Crippen LogP contribution is 2.15. The number of ether oxygens (including phenoxy) is 1. The first-order valence-electron chi connectivity index (χ1n) is 8.20. The molecule has 0 bridgehead atoms. The quantitative estimate of drug-likeness (QED) is 0.663. The van der Waals surface area contributed by atoms with E-state index in [-0.39, 0.29) is 11.9 Å². The topological polar surface area (TPSA) is 111 Å². The van der Waals surface area contributed by atoms with Crippen molar-refractivity contribution in [3.63, 3.8) is 0 Å². The van der Waals surface area contributed by atoms with Crippen molar-refractivity contribution in [3.8, 4) is 0 Å². The van der Waals surface area contributed by atoms with E-state index >= 15 is 0 Å². The lowest BCUT2D eigenvalue weighted by atomic mass is 10.1. The lowest BCUT2D eigenvalue weighted by Crippen LogP contribution is -2.19. The molecule has 0 saturated heterocycles. The minimum atomic E-state index is -0.694. The molecular formula is C19H21N3O4. The number of rotatable bonds is 7. The summed E-state index contributed by atoms with van der Waals surface area (Å²) in [5.74, 6) is -0.535. The summed E-state index contributed by atoms with van der Waals surface area (Å²) in [5, 5.41) is 5.20. The van der Waals surface area contributed by atoms with Crippen LogP contribution in [0.25, 0.3) is 0 Å². The highest BCUT2D eigenvalue weighted by molar-refractivity contribution is 6.05. The average molecular weight is 355 g/mol. The molecule has 136 valence electrons. The first-order valence-corrected chi connectivity index (χ1v) is 8.20. The Labute approximate surface area is 151 Å². The Morgan fingerprint density at radius 1 is 1.00 bits per heavy atom. The highest BCUT2D eigenvalue weighted by Gasteiger charge is 2.08. The van der Waals surface area contributed by atoms with E-state index in [0.717, 1.165) is 5.56 Å². The predicted octanol–water partition coefficient (Wildman–Crippen LogP) is 2.93. The van der Waals surface area contributed by atoms with Crippen LogP contribution >= 0.6 is 0 Å². The monoisotopic (exact) mass is 355 g/mol. The molecule has 0 spiro atoms. The number of anilines is 2. The van der Waals surface area contributed by atoms with Gasteiger partial charge in [-0.15, -0.1) is 0 Å². The van der Waals surface area contributed by atoms with Crippen LogP contribution in [-0.4, -0.2) is 24.5 Å². The molecule has 0 aliphatic carbocycles. The fourth-order valence-electron chi connectivity index (χ4n) is 2.32. The number of hydrogen-bond acceptors (Lipinski definition) is 4. The minimum absolute atomic E-state index is 0.227. The normalized spacial score (nSPS) is 10.0. The van der Waals surface area contributed by atoms with Crippen molar-refractivity contribution in [3.05, 3.63) is 59.7 Å². The maximum Gasteiger partial charge on any atom is 0.316 e. The van der Waals surface area contributed by atoms with Crippen LogP contribution in [0.5, 0.6) is 0 Å². The molecular weight excluding hydrogens is 334 g/mol. The van der Waals surface area contributed by atoms with Gasteiger partial charge in [0.2, 0.25) is 0 Å². The van der Waals surface area contributed by atoms with Crippen LogP contribution in [0, 0.1) is 0 Å². The van der Waals surface area contributed by atoms with Crippen LogP contribution in [0.15, 0.2) is 48.5 Å². The molecule has 0 heterocycles. The van der Waals surface area contributed by atoms with Gasteiger partial charge in [-0.2, -0.15) is 0 Å². The SMILES string of the molecule is CCOC(=O)CCc1ccc(NC(=O)c2cccc(NC(N)=O)c2)cc1. The lowest BCUT2D eigenvalue weighted by Gasteiger charge is -2.08. The zero-order valence-corrected chi connectivity index (χ0v) is 14.5. The highest BCUT2D eigenvalue weighted by atomic mass is 16.5. The number of benzene rings is 2. The van der Waals surface area contributed by atoms with Gasteiger partial charge in [0, 0.05) is 23.4 Å². The second kappa shape index (κ2) is 9.22. The molecule has 0 radical (unpaired) electrons. The van der Waals surface area contributed by atoms with Crippen LogP contribution in [0.3, 0.4) is 0 Å². The number of carbonyl (C=O) groups excluding carboxylic acids is 3. The van der Waals surface area contributed by atoms with Gasteiger partial charge in [0.05, 0.1) is 6.61 Å². The molecule has 0 aliphatic heterocycles. The van der Waals surface area contributed by atoms with Crippen LogP contribution in [0.2, 0.25) is 0 Å². The number of nitrogens with two attached hydrogens (primary N) is 1. The third kappa shape index (κ3) is 5.94. The Hall–Kier alpha value is -3.35. The van der Waals surface area contributed by atoms with Gasteiger partial charge in [-0.1, -0.05) is 18.2 Å². The molecule has 2 rings (SSSR count). The molecule has 7 heteroatoms. The molecule has 0 aliphatic rings. The number of urea groups is 1. The number of aryl methyl sites for hydroxylation is 1. The van der Waals surface area contributed by atoms with E-state index in [1.54, 1.807) is 37.3 Å². The average Bonchev–Trinajstić information content (AvgIpc) is 2.61. The van der Waals surface area contributed by atoms with Crippen LogP contribution in [0.1, 0.15) is 29.3 Å². The summed E-state index contributed by atoms with van der Waals surface area (Å²) in [6.07, 6.45) is 0.896. The third-order valence-electron chi connectivity index (χ3n) is 3.53. The number of carbonyl (C=O) groups is 3. The molecule has 0 unspecified atom stereocenters. The van der Waals surface area contributed by atoms with Gasteiger partial charge >= 0.3 is 12.0 Å². The molecule has 26 heavy (non-hydrogen) atoms. The predicted molar refractivity (Wildman–Crippen MR) is 99.0 cm³/mol. The Kier molecular flexibility index (Phi) is 6.73. The van der Waals surface area contributed by atoms with E-state index in [4.69, 9.17) is 10.5 Å². The third-order valence-corrected chi connectivity index (χ3v) is 3.53. The van der Waals surface area contributed by atoms with Crippen molar-refractivity contribution < 1.29 is 19.1 Å². The van der Waals surface area contributed by atoms with Gasteiger partial charge in [-0.3, -0.25) is 9.59 Å².